The minimum Gasteiger partial charge on any atom is -0.345 e. The van der Waals surface area contributed by atoms with Gasteiger partial charge in [0.1, 0.15) is 0 Å². The number of likely N-dealkylation sites (tertiary alicyclic amines) is 1. The summed E-state index contributed by atoms with van der Waals surface area (Å²) in [5.74, 6) is 0. The number of rotatable bonds is 1. The summed E-state index contributed by atoms with van der Waals surface area (Å²) in [6.45, 7) is 6.45. The molecule has 0 aliphatic carbocycles. The van der Waals surface area contributed by atoms with Gasteiger partial charge in [-0.2, -0.15) is 0 Å². The summed E-state index contributed by atoms with van der Waals surface area (Å²) in [5.41, 5.74) is 0.442. The van der Waals surface area contributed by atoms with Crippen LogP contribution in [0.2, 0.25) is 0 Å². The molecular formula is C9H17NO. The second-order valence-electron chi connectivity index (χ2n) is 4.16. The third kappa shape index (κ3) is 2.52. The van der Waals surface area contributed by atoms with E-state index in [1.165, 1.54) is 6.42 Å². The van der Waals surface area contributed by atoms with Crippen molar-refractivity contribution in [2.45, 2.75) is 33.1 Å². The molecule has 0 radical (unpaired) electrons. The van der Waals surface area contributed by atoms with Crippen molar-refractivity contribution in [1.82, 2.24) is 4.90 Å². The van der Waals surface area contributed by atoms with Crippen LogP contribution in [0.15, 0.2) is 0 Å². The molecule has 1 amide bonds. The van der Waals surface area contributed by atoms with E-state index in [1.807, 2.05) is 4.90 Å². The Balaban J connectivity index is 2.45. The smallest absolute Gasteiger partial charge is 0.209 e. The van der Waals surface area contributed by atoms with Gasteiger partial charge < -0.3 is 4.90 Å². The highest BCUT2D eigenvalue weighted by atomic mass is 16.1. The Hall–Kier alpha value is -0.530. The lowest BCUT2D eigenvalue weighted by Crippen LogP contribution is -2.23. The zero-order chi connectivity index (χ0) is 8.32. The van der Waals surface area contributed by atoms with Crippen LogP contribution in [0.25, 0.3) is 0 Å². The first-order valence-electron chi connectivity index (χ1n) is 4.33. The van der Waals surface area contributed by atoms with Crippen molar-refractivity contribution >= 4 is 6.41 Å². The molecule has 2 heteroatoms. The number of hydrogen-bond donors (Lipinski definition) is 0. The summed E-state index contributed by atoms with van der Waals surface area (Å²) < 4.78 is 0. The highest BCUT2D eigenvalue weighted by Crippen LogP contribution is 2.29. The lowest BCUT2D eigenvalue weighted by Gasteiger charge is -2.21. The third-order valence-corrected chi connectivity index (χ3v) is 2.52. The standard InChI is InChI=1S/C9H17NO/c1-9(2)4-3-6-10(8-11)7-5-9/h8H,3-7H2,1-2H3. The second-order valence-corrected chi connectivity index (χ2v) is 4.16. The van der Waals surface area contributed by atoms with Gasteiger partial charge in [0.15, 0.2) is 0 Å². The molecule has 1 aliphatic heterocycles. The molecule has 0 spiro atoms. The van der Waals surface area contributed by atoms with E-state index in [4.69, 9.17) is 0 Å². The van der Waals surface area contributed by atoms with Crippen molar-refractivity contribution in [2.75, 3.05) is 13.1 Å². The maximum absolute atomic E-state index is 10.4. The van der Waals surface area contributed by atoms with Gasteiger partial charge in [0.05, 0.1) is 0 Å². The van der Waals surface area contributed by atoms with Gasteiger partial charge in [-0.25, -0.2) is 0 Å². The van der Waals surface area contributed by atoms with Crippen LogP contribution in [-0.2, 0) is 4.79 Å². The Morgan fingerprint density at radius 2 is 2.00 bits per heavy atom. The first kappa shape index (κ1) is 8.57. The molecule has 0 N–H and O–H groups in total. The van der Waals surface area contributed by atoms with Crippen LogP contribution in [0.4, 0.5) is 0 Å². The molecule has 2 nitrogen and oxygen atoms in total. The molecule has 1 aliphatic rings. The fraction of sp³-hybridized carbons (Fsp3) is 0.889. The van der Waals surface area contributed by atoms with Gasteiger partial charge in [0.25, 0.3) is 0 Å². The van der Waals surface area contributed by atoms with Gasteiger partial charge in [-0.05, 0) is 24.7 Å². The first-order valence-corrected chi connectivity index (χ1v) is 4.33. The molecule has 0 aromatic rings. The van der Waals surface area contributed by atoms with E-state index >= 15 is 0 Å². The van der Waals surface area contributed by atoms with Crippen molar-refractivity contribution < 1.29 is 4.79 Å². The van der Waals surface area contributed by atoms with Crippen LogP contribution in [0.1, 0.15) is 33.1 Å². The Kier molecular flexibility index (Phi) is 2.53. The quantitative estimate of drug-likeness (QED) is 0.527. The predicted molar refractivity (Wildman–Crippen MR) is 45.3 cm³/mol. The van der Waals surface area contributed by atoms with Gasteiger partial charge >= 0.3 is 0 Å². The van der Waals surface area contributed by atoms with Crippen molar-refractivity contribution in [3.8, 4) is 0 Å². The number of carbonyl (C=O) groups excluding carboxylic acids is 1. The molecule has 0 saturated carbocycles. The lowest BCUT2D eigenvalue weighted by molar-refractivity contribution is -0.118. The van der Waals surface area contributed by atoms with Gasteiger partial charge in [0, 0.05) is 13.1 Å². The lowest BCUT2D eigenvalue weighted by atomic mass is 9.85. The Bertz CT molecular complexity index is 142. The van der Waals surface area contributed by atoms with Gasteiger partial charge in [-0.15, -0.1) is 0 Å². The minimum atomic E-state index is 0.442. The van der Waals surface area contributed by atoms with E-state index < -0.39 is 0 Å². The molecule has 1 saturated heterocycles. The van der Waals surface area contributed by atoms with E-state index in [0.29, 0.717) is 5.41 Å². The molecule has 0 bridgehead atoms. The van der Waals surface area contributed by atoms with Gasteiger partial charge in [-0.1, -0.05) is 13.8 Å². The van der Waals surface area contributed by atoms with Crippen LogP contribution in [0.3, 0.4) is 0 Å². The van der Waals surface area contributed by atoms with Crippen molar-refractivity contribution in [2.24, 2.45) is 5.41 Å². The van der Waals surface area contributed by atoms with E-state index in [2.05, 4.69) is 13.8 Å². The maximum Gasteiger partial charge on any atom is 0.209 e. The maximum atomic E-state index is 10.4. The average Bonchev–Trinajstić information content (AvgIpc) is 2.10. The summed E-state index contributed by atoms with van der Waals surface area (Å²) in [7, 11) is 0. The number of carbonyl (C=O) groups is 1. The van der Waals surface area contributed by atoms with Gasteiger partial charge in [0.2, 0.25) is 6.41 Å². The second kappa shape index (κ2) is 3.24. The summed E-state index contributed by atoms with van der Waals surface area (Å²) in [6.07, 6.45) is 4.52. The topological polar surface area (TPSA) is 20.3 Å². The molecule has 0 unspecified atom stereocenters. The molecule has 1 fully saturated rings. The van der Waals surface area contributed by atoms with Gasteiger partial charge in [-0.3, -0.25) is 4.79 Å². The molecule has 0 aromatic carbocycles. The largest absolute Gasteiger partial charge is 0.345 e. The zero-order valence-corrected chi connectivity index (χ0v) is 7.47. The molecule has 1 rings (SSSR count). The van der Waals surface area contributed by atoms with Crippen LogP contribution in [0.5, 0.6) is 0 Å². The van der Waals surface area contributed by atoms with E-state index in [1.54, 1.807) is 0 Å². The van der Waals surface area contributed by atoms with Crippen LogP contribution in [0, 0.1) is 5.41 Å². The summed E-state index contributed by atoms with van der Waals surface area (Å²) >= 11 is 0. The molecule has 0 aromatic heterocycles. The number of nitrogens with zero attached hydrogens (tertiary/aromatic N) is 1. The van der Waals surface area contributed by atoms with Crippen LogP contribution >= 0.6 is 0 Å². The highest BCUT2D eigenvalue weighted by Gasteiger charge is 2.21. The molecule has 11 heavy (non-hydrogen) atoms. The fourth-order valence-corrected chi connectivity index (χ4v) is 1.55. The summed E-state index contributed by atoms with van der Waals surface area (Å²) in [5, 5.41) is 0. The minimum absolute atomic E-state index is 0.442. The summed E-state index contributed by atoms with van der Waals surface area (Å²) in [6, 6.07) is 0. The third-order valence-electron chi connectivity index (χ3n) is 2.52. The molecule has 1 heterocycles. The van der Waals surface area contributed by atoms with E-state index in [9.17, 15) is 4.79 Å². The predicted octanol–water partition coefficient (Wildman–Crippen LogP) is 1.65. The fourth-order valence-electron chi connectivity index (χ4n) is 1.55. The number of hydrogen-bond acceptors (Lipinski definition) is 1. The molecule has 0 atom stereocenters. The first-order chi connectivity index (χ1) is 5.14. The Morgan fingerprint density at radius 1 is 1.27 bits per heavy atom. The van der Waals surface area contributed by atoms with Crippen LogP contribution in [-0.4, -0.2) is 24.4 Å². The van der Waals surface area contributed by atoms with Crippen LogP contribution < -0.4 is 0 Å². The monoisotopic (exact) mass is 155 g/mol. The Labute approximate surface area is 68.6 Å². The molecule has 64 valence electrons. The SMILES string of the molecule is CC1(C)CCCN(C=O)CC1. The zero-order valence-electron chi connectivity index (χ0n) is 7.47. The van der Waals surface area contributed by atoms with Crippen molar-refractivity contribution in [1.29, 1.82) is 0 Å². The highest BCUT2D eigenvalue weighted by molar-refractivity contribution is 5.46. The van der Waals surface area contributed by atoms with Crippen molar-refractivity contribution in [3.63, 3.8) is 0 Å². The van der Waals surface area contributed by atoms with E-state index in [-0.39, 0.29) is 0 Å². The van der Waals surface area contributed by atoms with Crippen molar-refractivity contribution in [3.05, 3.63) is 0 Å². The average molecular weight is 155 g/mol. The normalized spacial score (nSPS) is 24.4. The Morgan fingerprint density at radius 3 is 2.64 bits per heavy atom. The molecular weight excluding hydrogens is 138 g/mol. The van der Waals surface area contributed by atoms with E-state index in [0.717, 1.165) is 32.3 Å². The summed E-state index contributed by atoms with van der Waals surface area (Å²) in [4.78, 5) is 12.3. The number of amides is 1.